The first kappa shape index (κ1) is 7.92. The Labute approximate surface area is 62.7 Å². The van der Waals surface area contributed by atoms with Crippen molar-refractivity contribution in [1.29, 1.82) is 0 Å². The summed E-state index contributed by atoms with van der Waals surface area (Å²) >= 11 is 0. The van der Waals surface area contributed by atoms with Crippen LogP contribution in [0.4, 0.5) is 0 Å². The highest BCUT2D eigenvalue weighted by Crippen LogP contribution is 2.48. The SMILES string of the molecule is CS1(C)C=CC(B(O)O)=C1. The quantitative estimate of drug-likeness (QED) is 0.544. The van der Waals surface area contributed by atoms with Crippen molar-refractivity contribution in [3.05, 3.63) is 22.4 Å². The van der Waals surface area contributed by atoms with Crippen LogP contribution in [-0.4, -0.2) is 29.7 Å². The zero-order chi connectivity index (χ0) is 7.78. The van der Waals surface area contributed by atoms with E-state index in [1.165, 1.54) is 0 Å². The highest BCUT2D eigenvalue weighted by molar-refractivity contribution is 8.37. The van der Waals surface area contributed by atoms with Crippen molar-refractivity contribution in [1.82, 2.24) is 0 Å². The van der Waals surface area contributed by atoms with Crippen molar-refractivity contribution in [3.8, 4) is 0 Å². The van der Waals surface area contributed by atoms with Crippen molar-refractivity contribution in [2.75, 3.05) is 12.5 Å². The third kappa shape index (κ3) is 1.65. The Kier molecular flexibility index (Phi) is 1.94. The lowest BCUT2D eigenvalue weighted by Crippen LogP contribution is -2.12. The number of allylic oxidation sites excluding steroid dienone is 2. The summed E-state index contributed by atoms with van der Waals surface area (Å²) in [6, 6.07) is 0. The van der Waals surface area contributed by atoms with Gasteiger partial charge in [-0.15, -0.1) is 0 Å². The smallest absolute Gasteiger partial charge is 0.423 e. The van der Waals surface area contributed by atoms with Crippen LogP contribution < -0.4 is 0 Å². The van der Waals surface area contributed by atoms with Gasteiger partial charge in [0, 0.05) is 0 Å². The van der Waals surface area contributed by atoms with E-state index < -0.39 is 17.1 Å². The molecule has 1 aliphatic heterocycles. The van der Waals surface area contributed by atoms with Crippen LogP contribution in [0.5, 0.6) is 0 Å². The molecule has 2 nitrogen and oxygen atoms in total. The van der Waals surface area contributed by atoms with Crippen LogP contribution in [0.2, 0.25) is 0 Å². The van der Waals surface area contributed by atoms with Gasteiger partial charge in [0.2, 0.25) is 0 Å². The third-order valence-electron chi connectivity index (χ3n) is 1.35. The summed E-state index contributed by atoms with van der Waals surface area (Å²) < 4.78 is 0. The van der Waals surface area contributed by atoms with Crippen molar-refractivity contribution in [2.45, 2.75) is 0 Å². The average Bonchev–Trinajstić information content (AvgIpc) is 2.10. The minimum Gasteiger partial charge on any atom is -0.423 e. The molecule has 0 spiro atoms. The Morgan fingerprint density at radius 3 is 2.20 bits per heavy atom. The van der Waals surface area contributed by atoms with E-state index in [0.717, 1.165) is 0 Å². The summed E-state index contributed by atoms with van der Waals surface area (Å²) in [7, 11) is -2.10. The van der Waals surface area contributed by atoms with Gasteiger partial charge >= 0.3 is 7.12 Å². The summed E-state index contributed by atoms with van der Waals surface area (Å²) in [4.78, 5) is 0. The van der Waals surface area contributed by atoms with E-state index in [4.69, 9.17) is 10.0 Å². The number of rotatable bonds is 1. The molecule has 0 unspecified atom stereocenters. The molecule has 56 valence electrons. The van der Waals surface area contributed by atoms with Crippen molar-refractivity contribution in [3.63, 3.8) is 0 Å². The second-order valence-corrected chi connectivity index (χ2v) is 6.26. The molecule has 1 aliphatic rings. The zero-order valence-corrected chi connectivity index (χ0v) is 6.93. The largest absolute Gasteiger partial charge is 0.488 e. The van der Waals surface area contributed by atoms with Gasteiger partial charge in [0.15, 0.2) is 0 Å². The summed E-state index contributed by atoms with van der Waals surface area (Å²) in [5, 5.41) is 21.4. The molecule has 10 heavy (non-hydrogen) atoms. The van der Waals surface area contributed by atoms with Crippen molar-refractivity contribution >= 4 is 17.1 Å². The Morgan fingerprint density at radius 2 is 2.00 bits per heavy atom. The maximum atomic E-state index is 8.73. The molecular formula is C6H11BO2S. The average molecular weight is 158 g/mol. The molecule has 0 saturated heterocycles. The fourth-order valence-electron chi connectivity index (χ4n) is 0.830. The van der Waals surface area contributed by atoms with Crippen LogP contribution in [0, 0.1) is 0 Å². The lowest BCUT2D eigenvalue weighted by molar-refractivity contribution is 0.421. The van der Waals surface area contributed by atoms with Gasteiger partial charge in [-0.1, -0.05) is 6.08 Å². The summed E-state index contributed by atoms with van der Waals surface area (Å²) in [5.41, 5.74) is 0.625. The van der Waals surface area contributed by atoms with E-state index in [-0.39, 0.29) is 0 Å². The maximum Gasteiger partial charge on any atom is 0.488 e. The minimum atomic E-state index is -1.30. The highest BCUT2D eigenvalue weighted by Gasteiger charge is 2.19. The van der Waals surface area contributed by atoms with Crippen molar-refractivity contribution < 1.29 is 10.0 Å². The highest BCUT2D eigenvalue weighted by atomic mass is 32.3. The molecule has 1 heterocycles. The van der Waals surface area contributed by atoms with Crippen LogP contribution >= 0.6 is 10.0 Å². The first-order valence-electron chi connectivity index (χ1n) is 3.00. The summed E-state index contributed by atoms with van der Waals surface area (Å²) in [6.07, 6.45) is 5.97. The van der Waals surface area contributed by atoms with Crippen LogP contribution in [0.3, 0.4) is 0 Å². The molecular weight excluding hydrogens is 147 g/mol. The fraction of sp³-hybridized carbons (Fsp3) is 0.333. The van der Waals surface area contributed by atoms with Crippen LogP contribution in [-0.2, 0) is 0 Å². The molecule has 0 aromatic heterocycles. The van der Waals surface area contributed by atoms with Crippen molar-refractivity contribution in [2.24, 2.45) is 0 Å². The second-order valence-electron chi connectivity index (χ2n) is 2.78. The molecule has 0 bridgehead atoms. The van der Waals surface area contributed by atoms with E-state index in [0.29, 0.717) is 5.47 Å². The summed E-state index contributed by atoms with van der Waals surface area (Å²) in [6.45, 7) is 0. The fourth-order valence-corrected chi connectivity index (χ4v) is 2.32. The third-order valence-corrected chi connectivity index (χ3v) is 3.07. The summed E-state index contributed by atoms with van der Waals surface area (Å²) in [5.74, 6) is 0. The lowest BCUT2D eigenvalue weighted by atomic mass is 9.81. The first-order chi connectivity index (χ1) is 4.51. The topological polar surface area (TPSA) is 40.5 Å². The van der Waals surface area contributed by atoms with Gasteiger partial charge in [-0.05, 0) is 28.8 Å². The number of hydrogen-bond donors (Lipinski definition) is 2. The predicted molar refractivity (Wildman–Crippen MR) is 46.9 cm³/mol. The zero-order valence-electron chi connectivity index (χ0n) is 6.11. The van der Waals surface area contributed by atoms with E-state index >= 15 is 0 Å². The molecule has 0 aliphatic carbocycles. The molecule has 0 radical (unpaired) electrons. The van der Waals surface area contributed by atoms with Crippen LogP contribution in [0.15, 0.2) is 22.4 Å². The lowest BCUT2D eigenvalue weighted by Gasteiger charge is -2.17. The van der Waals surface area contributed by atoms with E-state index in [2.05, 4.69) is 12.5 Å². The van der Waals surface area contributed by atoms with Gasteiger partial charge in [-0.2, -0.15) is 0 Å². The normalized spacial score (nSPS) is 24.2. The molecule has 0 amide bonds. The van der Waals surface area contributed by atoms with E-state index in [9.17, 15) is 0 Å². The maximum absolute atomic E-state index is 8.73. The monoisotopic (exact) mass is 158 g/mol. The molecule has 0 aromatic carbocycles. The minimum absolute atomic E-state index is 0.625. The molecule has 1 rings (SSSR count). The Bertz CT molecular complexity index is 196. The van der Waals surface area contributed by atoms with Crippen LogP contribution in [0.25, 0.3) is 0 Å². The Hall–Kier alpha value is -0.185. The molecule has 4 heteroatoms. The molecule has 0 aromatic rings. The van der Waals surface area contributed by atoms with Gasteiger partial charge in [-0.3, -0.25) is 0 Å². The molecule has 0 atom stereocenters. The molecule has 0 saturated carbocycles. The van der Waals surface area contributed by atoms with E-state index in [1.807, 2.05) is 10.8 Å². The van der Waals surface area contributed by atoms with Gasteiger partial charge < -0.3 is 10.0 Å². The van der Waals surface area contributed by atoms with Crippen LogP contribution in [0.1, 0.15) is 0 Å². The van der Waals surface area contributed by atoms with Gasteiger partial charge in [0.25, 0.3) is 0 Å². The van der Waals surface area contributed by atoms with E-state index in [1.54, 1.807) is 6.08 Å². The first-order valence-corrected chi connectivity index (χ1v) is 5.58. The van der Waals surface area contributed by atoms with Gasteiger partial charge in [0.05, 0.1) is 0 Å². The second kappa shape index (κ2) is 2.45. The Balaban J connectivity index is 2.78. The predicted octanol–water partition coefficient (Wildman–Crippen LogP) is 0.474. The van der Waals surface area contributed by atoms with Gasteiger partial charge in [-0.25, -0.2) is 10.0 Å². The molecule has 0 fully saturated rings. The molecule has 2 N–H and O–H groups in total. The van der Waals surface area contributed by atoms with Gasteiger partial charge in [0.1, 0.15) is 0 Å². The standard InChI is InChI=1S/C6H11BO2S/c1-10(2)4-3-6(5-10)7(8)9/h3-5,8-9H,1-2H3. The Morgan fingerprint density at radius 1 is 1.40 bits per heavy atom. The number of hydrogen-bond acceptors (Lipinski definition) is 2.